The molecule has 3 heterocycles. The Balaban J connectivity index is 1.77. The number of carbonyl (C=O) groups excluding carboxylic acids is 1. The molecule has 2 aromatic heterocycles. The molecular weight excluding hydrogens is 280 g/mol. The summed E-state index contributed by atoms with van der Waals surface area (Å²) in [7, 11) is 0. The van der Waals surface area contributed by atoms with Crippen molar-refractivity contribution in [2.24, 2.45) is 0 Å². The van der Waals surface area contributed by atoms with Gasteiger partial charge in [-0.3, -0.25) is 4.79 Å². The molecule has 1 amide bonds. The van der Waals surface area contributed by atoms with Gasteiger partial charge in [0.15, 0.2) is 0 Å². The van der Waals surface area contributed by atoms with Crippen LogP contribution in [0.2, 0.25) is 0 Å². The molecule has 0 radical (unpaired) electrons. The Bertz CT molecular complexity index is 565. The van der Waals surface area contributed by atoms with Gasteiger partial charge in [0.2, 0.25) is 0 Å². The van der Waals surface area contributed by atoms with Crippen LogP contribution < -0.4 is 0 Å². The van der Waals surface area contributed by atoms with E-state index in [2.05, 4.69) is 4.98 Å². The first-order valence-corrected chi connectivity index (χ1v) is 7.96. The summed E-state index contributed by atoms with van der Waals surface area (Å²) in [5.41, 5.74) is 1.06. The second kappa shape index (κ2) is 5.40. The lowest BCUT2D eigenvalue weighted by atomic mass is 10.1. The van der Waals surface area contributed by atoms with Crippen molar-refractivity contribution in [2.45, 2.75) is 18.9 Å². The average Bonchev–Trinajstić information content (AvgIpc) is 3.08. The number of nitrogens with zero attached hydrogens (tertiary/aromatic N) is 2. The first-order valence-electron chi connectivity index (χ1n) is 6.20. The smallest absolute Gasteiger partial charge is 0.265 e. The molecular formula is C13H14N2O2S2. The lowest BCUT2D eigenvalue weighted by molar-refractivity contribution is 0.0477. The summed E-state index contributed by atoms with van der Waals surface area (Å²) < 4.78 is 0. The SMILES string of the molecule is O=C(c1cnc(-c2ccsc2)s1)N1CCCC(O)C1. The highest BCUT2D eigenvalue weighted by molar-refractivity contribution is 7.17. The minimum absolute atomic E-state index is 0.0160. The predicted octanol–water partition coefficient (Wildman–Crippen LogP) is 2.47. The Morgan fingerprint density at radius 2 is 2.42 bits per heavy atom. The number of amides is 1. The van der Waals surface area contributed by atoms with Crippen LogP contribution in [0.1, 0.15) is 22.5 Å². The number of thiophene rings is 1. The van der Waals surface area contributed by atoms with Gasteiger partial charge in [-0.05, 0) is 24.3 Å². The zero-order chi connectivity index (χ0) is 13.2. The number of piperidine rings is 1. The molecule has 100 valence electrons. The third-order valence-electron chi connectivity index (χ3n) is 3.17. The van der Waals surface area contributed by atoms with Crippen LogP contribution in [0.15, 0.2) is 23.0 Å². The Morgan fingerprint density at radius 3 is 3.16 bits per heavy atom. The van der Waals surface area contributed by atoms with Crippen molar-refractivity contribution in [3.05, 3.63) is 27.9 Å². The van der Waals surface area contributed by atoms with Crippen LogP contribution in [0, 0.1) is 0 Å². The fraction of sp³-hybridized carbons (Fsp3) is 0.385. The molecule has 1 unspecified atom stereocenters. The number of β-amino-alcohol motifs (C(OH)–C–C–N with tert-alkyl or cyclic N) is 1. The number of aliphatic hydroxyl groups excluding tert-OH is 1. The molecule has 3 rings (SSSR count). The van der Waals surface area contributed by atoms with E-state index >= 15 is 0 Å². The molecule has 0 saturated carbocycles. The maximum absolute atomic E-state index is 12.3. The van der Waals surface area contributed by atoms with E-state index in [1.165, 1.54) is 11.3 Å². The van der Waals surface area contributed by atoms with Crippen LogP contribution >= 0.6 is 22.7 Å². The molecule has 4 nitrogen and oxygen atoms in total. The molecule has 0 aliphatic carbocycles. The summed E-state index contributed by atoms with van der Waals surface area (Å²) in [6, 6.07) is 2.00. The number of likely N-dealkylation sites (tertiary alicyclic amines) is 1. The lowest BCUT2D eigenvalue weighted by Gasteiger charge is -2.29. The Morgan fingerprint density at radius 1 is 1.53 bits per heavy atom. The quantitative estimate of drug-likeness (QED) is 0.925. The number of aromatic nitrogens is 1. The molecule has 1 aliphatic heterocycles. The lowest BCUT2D eigenvalue weighted by Crippen LogP contribution is -2.41. The summed E-state index contributed by atoms with van der Waals surface area (Å²) in [5.74, 6) is -0.0160. The monoisotopic (exact) mass is 294 g/mol. The molecule has 0 spiro atoms. The van der Waals surface area contributed by atoms with Gasteiger partial charge in [0.25, 0.3) is 5.91 Å². The molecule has 1 N–H and O–H groups in total. The van der Waals surface area contributed by atoms with Gasteiger partial charge in [-0.25, -0.2) is 4.98 Å². The molecule has 6 heteroatoms. The summed E-state index contributed by atoms with van der Waals surface area (Å²) in [4.78, 5) is 19.0. The molecule has 19 heavy (non-hydrogen) atoms. The first-order chi connectivity index (χ1) is 9.24. The third-order valence-corrected chi connectivity index (χ3v) is 4.89. The summed E-state index contributed by atoms with van der Waals surface area (Å²) in [6.07, 6.45) is 2.90. The fourth-order valence-electron chi connectivity index (χ4n) is 2.19. The van der Waals surface area contributed by atoms with Gasteiger partial charge in [-0.15, -0.1) is 11.3 Å². The maximum atomic E-state index is 12.3. The summed E-state index contributed by atoms with van der Waals surface area (Å²) in [6.45, 7) is 1.16. The molecule has 1 atom stereocenters. The van der Waals surface area contributed by atoms with Crippen LogP contribution in [-0.4, -0.2) is 40.1 Å². The summed E-state index contributed by atoms with van der Waals surface area (Å²) in [5, 5.41) is 14.5. The van der Waals surface area contributed by atoms with Crippen molar-refractivity contribution >= 4 is 28.6 Å². The van der Waals surface area contributed by atoms with Crippen molar-refractivity contribution in [2.75, 3.05) is 13.1 Å². The second-order valence-corrected chi connectivity index (χ2v) is 6.40. The van der Waals surface area contributed by atoms with Crippen LogP contribution in [0.25, 0.3) is 10.6 Å². The summed E-state index contributed by atoms with van der Waals surface area (Å²) >= 11 is 3.04. The van der Waals surface area contributed by atoms with Gasteiger partial charge in [0.05, 0.1) is 12.3 Å². The zero-order valence-corrected chi connectivity index (χ0v) is 11.9. The van der Waals surface area contributed by atoms with E-state index in [0.29, 0.717) is 11.4 Å². The van der Waals surface area contributed by atoms with E-state index in [-0.39, 0.29) is 12.0 Å². The topological polar surface area (TPSA) is 53.4 Å². The van der Waals surface area contributed by atoms with Crippen LogP contribution in [0.4, 0.5) is 0 Å². The van der Waals surface area contributed by atoms with Gasteiger partial charge < -0.3 is 10.0 Å². The Labute approximate surface area is 119 Å². The molecule has 1 aliphatic rings. The number of thiazole rings is 1. The minimum atomic E-state index is -0.387. The first kappa shape index (κ1) is 12.8. The van der Waals surface area contributed by atoms with Crippen molar-refractivity contribution in [1.82, 2.24) is 9.88 Å². The normalized spacial score (nSPS) is 19.6. The van der Waals surface area contributed by atoms with Crippen LogP contribution in [0.3, 0.4) is 0 Å². The van der Waals surface area contributed by atoms with Crippen molar-refractivity contribution < 1.29 is 9.90 Å². The van der Waals surface area contributed by atoms with Gasteiger partial charge in [0, 0.05) is 24.0 Å². The molecule has 0 aromatic carbocycles. The predicted molar refractivity (Wildman–Crippen MR) is 76.6 cm³/mol. The molecule has 2 aromatic rings. The number of aliphatic hydroxyl groups is 1. The number of hydrogen-bond donors (Lipinski definition) is 1. The van der Waals surface area contributed by atoms with Crippen molar-refractivity contribution in [1.29, 1.82) is 0 Å². The van der Waals surface area contributed by atoms with Gasteiger partial charge >= 0.3 is 0 Å². The Kier molecular flexibility index (Phi) is 3.63. The largest absolute Gasteiger partial charge is 0.391 e. The minimum Gasteiger partial charge on any atom is -0.391 e. The average molecular weight is 294 g/mol. The number of carbonyl (C=O) groups is 1. The van der Waals surface area contributed by atoms with E-state index in [1.54, 1.807) is 22.4 Å². The van der Waals surface area contributed by atoms with E-state index in [4.69, 9.17) is 0 Å². The fourth-order valence-corrected chi connectivity index (χ4v) is 3.78. The molecule has 1 saturated heterocycles. The highest BCUT2D eigenvalue weighted by Gasteiger charge is 2.24. The van der Waals surface area contributed by atoms with E-state index in [9.17, 15) is 9.90 Å². The van der Waals surface area contributed by atoms with Crippen LogP contribution in [-0.2, 0) is 0 Å². The highest BCUT2D eigenvalue weighted by atomic mass is 32.1. The van der Waals surface area contributed by atoms with Gasteiger partial charge in [0.1, 0.15) is 9.88 Å². The zero-order valence-electron chi connectivity index (χ0n) is 10.3. The number of hydrogen-bond acceptors (Lipinski definition) is 5. The molecule has 1 fully saturated rings. The molecule has 0 bridgehead atoms. The van der Waals surface area contributed by atoms with E-state index in [0.717, 1.165) is 30.0 Å². The van der Waals surface area contributed by atoms with Crippen molar-refractivity contribution in [3.63, 3.8) is 0 Å². The highest BCUT2D eigenvalue weighted by Crippen LogP contribution is 2.28. The van der Waals surface area contributed by atoms with Gasteiger partial charge in [-0.2, -0.15) is 11.3 Å². The number of rotatable bonds is 2. The Hall–Kier alpha value is -1.24. The van der Waals surface area contributed by atoms with Crippen LogP contribution in [0.5, 0.6) is 0 Å². The van der Waals surface area contributed by atoms with Gasteiger partial charge in [-0.1, -0.05) is 0 Å². The maximum Gasteiger partial charge on any atom is 0.265 e. The van der Waals surface area contributed by atoms with Crippen molar-refractivity contribution in [3.8, 4) is 10.6 Å². The standard InChI is InChI=1S/C13H14N2O2S2/c16-10-2-1-4-15(7-10)13(17)11-6-14-12(19-11)9-3-5-18-8-9/h3,5-6,8,10,16H,1-2,4,7H2. The second-order valence-electron chi connectivity index (χ2n) is 4.59. The third kappa shape index (κ3) is 2.70. The van der Waals surface area contributed by atoms with E-state index in [1.807, 2.05) is 16.8 Å². The van der Waals surface area contributed by atoms with E-state index < -0.39 is 0 Å².